The van der Waals surface area contributed by atoms with Crippen LogP contribution in [0.5, 0.6) is 5.75 Å². The zero-order valence-corrected chi connectivity index (χ0v) is 14.6. The summed E-state index contributed by atoms with van der Waals surface area (Å²) < 4.78 is 29.4. The highest BCUT2D eigenvalue weighted by molar-refractivity contribution is 7.89. The summed E-state index contributed by atoms with van der Waals surface area (Å²) in [6, 6.07) is 13.1. The standard InChI is InChI=1S/C18H23NO3S/c1-13(2)11-16-15(12-14-7-5-4-6-8-14)17(22-3)9-10-18(16)23(19,20)21/h4-10,13H,11-12H2,1-3H3,(H2,19,20,21). The quantitative estimate of drug-likeness (QED) is 0.883. The van der Waals surface area contributed by atoms with Crippen LogP contribution in [0.2, 0.25) is 0 Å². The van der Waals surface area contributed by atoms with E-state index in [0.29, 0.717) is 24.5 Å². The molecule has 0 aliphatic carbocycles. The molecule has 0 aliphatic rings. The summed E-state index contributed by atoms with van der Waals surface area (Å²) in [5, 5.41) is 5.42. The number of nitrogens with two attached hydrogens (primary N) is 1. The largest absolute Gasteiger partial charge is 0.496 e. The number of ether oxygens (including phenoxy) is 1. The molecule has 0 spiro atoms. The lowest BCUT2D eigenvalue weighted by Gasteiger charge is -2.19. The van der Waals surface area contributed by atoms with Crippen molar-refractivity contribution in [1.82, 2.24) is 0 Å². The summed E-state index contributed by atoms with van der Waals surface area (Å²) in [6.07, 6.45) is 1.24. The molecule has 0 radical (unpaired) electrons. The van der Waals surface area contributed by atoms with E-state index in [0.717, 1.165) is 16.7 Å². The highest BCUT2D eigenvalue weighted by Crippen LogP contribution is 2.32. The first-order valence-electron chi connectivity index (χ1n) is 7.58. The number of hydrogen-bond acceptors (Lipinski definition) is 3. The summed E-state index contributed by atoms with van der Waals surface area (Å²) in [7, 11) is -2.18. The molecule has 0 atom stereocenters. The van der Waals surface area contributed by atoms with E-state index < -0.39 is 10.0 Å². The maximum atomic E-state index is 12.0. The third kappa shape index (κ3) is 4.33. The van der Waals surface area contributed by atoms with Gasteiger partial charge in [0.05, 0.1) is 12.0 Å². The van der Waals surface area contributed by atoms with Crippen LogP contribution in [0.15, 0.2) is 47.4 Å². The SMILES string of the molecule is COc1ccc(S(N)(=O)=O)c(CC(C)C)c1Cc1ccccc1. The Morgan fingerprint density at radius 2 is 1.70 bits per heavy atom. The van der Waals surface area contributed by atoms with Crippen LogP contribution < -0.4 is 9.88 Å². The van der Waals surface area contributed by atoms with Gasteiger partial charge >= 0.3 is 0 Å². The van der Waals surface area contributed by atoms with Gasteiger partial charge in [-0.25, -0.2) is 13.6 Å². The fraction of sp³-hybridized carbons (Fsp3) is 0.333. The van der Waals surface area contributed by atoms with Crippen molar-refractivity contribution >= 4 is 10.0 Å². The van der Waals surface area contributed by atoms with Crippen LogP contribution in [-0.2, 0) is 22.9 Å². The molecule has 0 saturated carbocycles. The minimum atomic E-state index is -3.77. The fourth-order valence-electron chi connectivity index (χ4n) is 2.73. The minimum Gasteiger partial charge on any atom is -0.496 e. The molecular formula is C18H23NO3S. The Hall–Kier alpha value is -1.85. The van der Waals surface area contributed by atoms with Crippen molar-refractivity contribution in [2.24, 2.45) is 11.1 Å². The zero-order chi connectivity index (χ0) is 17.0. The summed E-state index contributed by atoms with van der Waals surface area (Å²) in [5.74, 6) is 0.994. The first-order valence-corrected chi connectivity index (χ1v) is 9.13. The molecular weight excluding hydrogens is 310 g/mol. The van der Waals surface area contributed by atoms with E-state index in [1.807, 2.05) is 30.3 Å². The molecule has 0 saturated heterocycles. The van der Waals surface area contributed by atoms with E-state index in [2.05, 4.69) is 13.8 Å². The predicted octanol–water partition coefficient (Wildman–Crippen LogP) is 3.13. The van der Waals surface area contributed by atoms with E-state index in [1.165, 1.54) is 0 Å². The van der Waals surface area contributed by atoms with Gasteiger partial charge < -0.3 is 4.74 Å². The highest BCUT2D eigenvalue weighted by Gasteiger charge is 2.21. The Balaban J connectivity index is 2.64. The lowest BCUT2D eigenvalue weighted by molar-refractivity contribution is 0.408. The summed E-state index contributed by atoms with van der Waals surface area (Å²) in [5.41, 5.74) is 2.74. The van der Waals surface area contributed by atoms with Crippen LogP contribution in [0.4, 0.5) is 0 Å². The normalized spacial score (nSPS) is 11.7. The fourth-order valence-corrected chi connectivity index (χ4v) is 3.54. The third-order valence-electron chi connectivity index (χ3n) is 3.71. The van der Waals surface area contributed by atoms with Gasteiger partial charge in [0.1, 0.15) is 5.75 Å². The van der Waals surface area contributed by atoms with E-state index >= 15 is 0 Å². The first-order chi connectivity index (χ1) is 10.8. The predicted molar refractivity (Wildman–Crippen MR) is 92.2 cm³/mol. The third-order valence-corrected chi connectivity index (χ3v) is 4.70. The molecule has 2 aromatic carbocycles. The van der Waals surface area contributed by atoms with Crippen molar-refractivity contribution in [2.75, 3.05) is 7.11 Å². The maximum Gasteiger partial charge on any atom is 0.238 e. The van der Waals surface area contributed by atoms with Gasteiger partial charge in [-0.05, 0) is 35.6 Å². The Labute approximate surface area is 138 Å². The number of primary sulfonamides is 1. The Kier molecular flexibility index (Phi) is 5.44. The second kappa shape index (κ2) is 7.15. The van der Waals surface area contributed by atoms with Gasteiger partial charge in [0.15, 0.2) is 0 Å². The van der Waals surface area contributed by atoms with E-state index in [9.17, 15) is 8.42 Å². The molecule has 124 valence electrons. The van der Waals surface area contributed by atoms with Crippen molar-refractivity contribution in [3.05, 3.63) is 59.2 Å². The van der Waals surface area contributed by atoms with Gasteiger partial charge in [-0.1, -0.05) is 44.2 Å². The van der Waals surface area contributed by atoms with E-state index in [-0.39, 0.29) is 4.90 Å². The van der Waals surface area contributed by atoms with Crippen LogP contribution in [0.1, 0.15) is 30.5 Å². The molecule has 2 N–H and O–H groups in total. The van der Waals surface area contributed by atoms with Gasteiger partial charge in [-0.15, -0.1) is 0 Å². The van der Waals surface area contributed by atoms with E-state index in [1.54, 1.807) is 19.2 Å². The van der Waals surface area contributed by atoms with Crippen molar-refractivity contribution in [3.8, 4) is 5.75 Å². The minimum absolute atomic E-state index is 0.193. The van der Waals surface area contributed by atoms with Gasteiger partial charge in [-0.3, -0.25) is 0 Å². The Morgan fingerprint density at radius 1 is 1.04 bits per heavy atom. The van der Waals surface area contributed by atoms with Crippen molar-refractivity contribution < 1.29 is 13.2 Å². The number of rotatable bonds is 6. The molecule has 0 bridgehead atoms. The first kappa shape index (κ1) is 17.5. The summed E-state index contributed by atoms with van der Waals surface area (Å²) in [4.78, 5) is 0.193. The smallest absolute Gasteiger partial charge is 0.238 e. The second-order valence-corrected chi connectivity index (χ2v) is 7.56. The van der Waals surface area contributed by atoms with Crippen molar-refractivity contribution in [3.63, 3.8) is 0 Å². The molecule has 2 aromatic rings. The van der Waals surface area contributed by atoms with Crippen LogP contribution in [-0.4, -0.2) is 15.5 Å². The average Bonchev–Trinajstić information content (AvgIpc) is 2.48. The molecule has 2 rings (SSSR count). The summed E-state index contributed by atoms with van der Waals surface area (Å²) >= 11 is 0. The lowest BCUT2D eigenvalue weighted by atomic mass is 9.93. The Bertz CT molecular complexity index is 768. The zero-order valence-electron chi connectivity index (χ0n) is 13.7. The monoisotopic (exact) mass is 333 g/mol. The number of benzene rings is 2. The molecule has 0 aliphatic heterocycles. The average molecular weight is 333 g/mol. The van der Waals surface area contributed by atoms with Crippen LogP contribution in [0, 0.1) is 5.92 Å². The van der Waals surface area contributed by atoms with Gasteiger partial charge in [0, 0.05) is 12.0 Å². The maximum absolute atomic E-state index is 12.0. The molecule has 0 aromatic heterocycles. The lowest BCUT2D eigenvalue weighted by Crippen LogP contribution is -2.17. The summed E-state index contributed by atoms with van der Waals surface area (Å²) in [6.45, 7) is 4.11. The highest BCUT2D eigenvalue weighted by atomic mass is 32.2. The number of methoxy groups -OCH3 is 1. The van der Waals surface area contributed by atoms with Gasteiger partial charge in [0.2, 0.25) is 10.0 Å². The van der Waals surface area contributed by atoms with Crippen molar-refractivity contribution in [1.29, 1.82) is 0 Å². The van der Waals surface area contributed by atoms with Gasteiger partial charge in [-0.2, -0.15) is 0 Å². The molecule has 23 heavy (non-hydrogen) atoms. The molecule has 5 heteroatoms. The second-order valence-electron chi connectivity index (χ2n) is 6.03. The molecule has 4 nitrogen and oxygen atoms in total. The Morgan fingerprint density at radius 3 is 2.22 bits per heavy atom. The van der Waals surface area contributed by atoms with Crippen LogP contribution in [0.3, 0.4) is 0 Å². The molecule has 0 heterocycles. The topological polar surface area (TPSA) is 69.4 Å². The van der Waals surface area contributed by atoms with Gasteiger partial charge in [0.25, 0.3) is 0 Å². The molecule has 0 fully saturated rings. The van der Waals surface area contributed by atoms with Crippen LogP contribution in [0.25, 0.3) is 0 Å². The van der Waals surface area contributed by atoms with Crippen LogP contribution >= 0.6 is 0 Å². The van der Waals surface area contributed by atoms with Crippen molar-refractivity contribution in [2.45, 2.75) is 31.6 Å². The number of hydrogen-bond donors (Lipinski definition) is 1. The number of sulfonamides is 1. The van der Waals surface area contributed by atoms with E-state index in [4.69, 9.17) is 9.88 Å². The molecule has 0 unspecified atom stereocenters. The molecule has 0 amide bonds.